The fraction of sp³-hybridized carbons (Fsp3) is 0.571. The Balaban J connectivity index is 1.57. The highest BCUT2D eigenvalue weighted by atomic mass is 127. The highest BCUT2D eigenvalue weighted by molar-refractivity contribution is 14.1. The van der Waals surface area contributed by atoms with Crippen molar-refractivity contribution < 1.29 is 23.4 Å². The summed E-state index contributed by atoms with van der Waals surface area (Å²) in [5.41, 5.74) is 2.28. The lowest BCUT2D eigenvalue weighted by atomic mass is 9.89. The van der Waals surface area contributed by atoms with Crippen LogP contribution in [-0.4, -0.2) is 50.1 Å². The van der Waals surface area contributed by atoms with E-state index in [1.54, 1.807) is 0 Å². The van der Waals surface area contributed by atoms with E-state index in [4.69, 9.17) is 23.4 Å². The Morgan fingerprint density at radius 2 is 1.43 bits per heavy atom. The van der Waals surface area contributed by atoms with E-state index < -0.39 is 8.32 Å². The van der Waals surface area contributed by atoms with Gasteiger partial charge in [-0.2, -0.15) is 0 Å². The molecule has 0 saturated carbocycles. The molecular formula is C28H39IO5Si. The predicted molar refractivity (Wildman–Crippen MR) is 149 cm³/mol. The summed E-state index contributed by atoms with van der Waals surface area (Å²) in [6.45, 7) is 13.5. The summed E-state index contributed by atoms with van der Waals surface area (Å²) in [6.07, 6.45) is -0.988. The molecule has 4 rings (SSSR count). The largest absolute Gasteiger partial charge is 0.414 e. The van der Waals surface area contributed by atoms with Crippen molar-refractivity contribution in [3.63, 3.8) is 0 Å². The zero-order valence-corrected chi connectivity index (χ0v) is 24.6. The topological polar surface area (TPSA) is 46.2 Å². The molecule has 2 heterocycles. The van der Waals surface area contributed by atoms with Crippen LogP contribution in [0.3, 0.4) is 0 Å². The van der Waals surface area contributed by atoms with Crippen molar-refractivity contribution in [3.05, 3.63) is 71.8 Å². The summed E-state index contributed by atoms with van der Waals surface area (Å²) in [6, 6.07) is 20.6. The second kappa shape index (κ2) is 11.7. The Hall–Kier alpha value is -0.813. The standard InChI is InChI=1S/C28H39IO5Si/c1-28(2,3)35(4,5)33-19-23-25(30-16-20-12-8-6-9-13-20)26(24-22(29)18-32-27(24)34-23)31-17-21-14-10-7-11-15-21/h6-15,22-27H,16-19H2,1-5H3/t22-,23-,24-,25-,26-,27+/m1/s1. The van der Waals surface area contributed by atoms with Crippen molar-refractivity contribution in [2.45, 2.75) is 80.6 Å². The zero-order valence-electron chi connectivity index (χ0n) is 21.5. The van der Waals surface area contributed by atoms with Crippen LogP contribution in [0.25, 0.3) is 0 Å². The molecule has 5 nitrogen and oxygen atoms in total. The first-order valence-electron chi connectivity index (χ1n) is 12.5. The van der Waals surface area contributed by atoms with E-state index in [1.807, 2.05) is 36.4 Å². The molecule has 0 amide bonds. The van der Waals surface area contributed by atoms with E-state index in [9.17, 15) is 0 Å². The van der Waals surface area contributed by atoms with Gasteiger partial charge in [-0.05, 0) is 29.3 Å². The molecule has 0 N–H and O–H groups in total. The maximum absolute atomic E-state index is 6.65. The second-order valence-corrected chi connectivity index (χ2v) is 17.5. The SMILES string of the molecule is CC(C)(C)[Si](C)(C)OC[C@H]1O[C@@H]2OC[C@@H](I)[C@@H]2[C@@H](OCc2ccccc2)[C@@H]1OCc1ccccc1. The van der Waals surface area contributed by atoms with Gasteiger partial charge >= 0.3 is 0 Å². The fourth-order valence-electron chi connectivity index (χ4n) is 4.33. The van der Waals surface area contributed by atoms with Gasteiger partial charge in [-0.3, -0.25) is 0 Å². The Kier molecular flexibility index (Phi) is 9.11. The third kappa shape index (κ3) is 6.74. The molecule has 2 saturated heterocycles. The van der Waals surface area contributed by atoms with Crippen molar-refractivity contribution >= 4 is 30.9 Å². The predicted octanol–water partition coefficient (Wildman–Crippen LogP) is 6.35. The fourth-order valence-corrected chi connectivity index (χ4v) is 6.30. The molecule has 2 fully saturated rings. The van der Waals surface area contributed by atoms with Gasteiger partial charge in [0.15, 0.2) is 14.6 Å². The molecule has 192 valence electrons. The first-order valence-corrected chi connectivity index (χ1v) is 16.7. The van der Waals surface area contributed by atoms with Crippen LogP contribution in [0, 0.1) is 5.92 Å². The normalized spacial score (nSPS) is 29.2. The second-order valence-electron chi connectivity index (χ2n) is 11.1. The Morgan fingerprint density at radius 3 is 1.97 bits per heavy atom. The molecule has 2 aliphatic heterocycles. The van der Waals surface area contributed by atoms with Crippen molar-refractivity contribution in [2.75, 3.05) is 13.2 Å². The van der Waals surface area contributed by atoms with Gasteiger partial charge in [0.25, 0.3) is 0 Å². The van der Waals surface area contributed by atoms with Gasteiger partial charge < -0.3 is 23.4 Å². The number of ether oxygens (including phenoxy) is 4. The van der Waals surface area contributed by atoms with Crippen molar-refractivity contribution in [2.24, 2.45) is 5.92 Å². The van der Waals surface area contributed by atoms with Gasteiger partial charge in [0.05, 0.1) is 38.4 Å². The highest BCUT2D eigenvalue weighted by Gasteiger charge is 2.54. The van der Waals surface area contributed by atoms with Gasteiger partial charge in [0.2, 0.25) is 0 Å². The van der Waals surface area contributed by atoms with Crippen molar-refractivity contribution in [1.29, 1.82) is 0 Å². The summed E-state index contributed by atoms with van der Waals surface area (Å²) in [7, 11) is -1.96. The molecule has 2 aliphatic rings. The average Bonchev–Trinajstić information content (AvgIpc) is 3.21. The lowest BCUT2D eigenvalue weighted by Crippen LogP contribution is -2.59. The van der Waals surface area contributed by atoms with Crippen LogP contribution in [0.2, 0.25) is 18.1 Å². The van der Waals surface area contributed by atoms with Gasteiger partial charge in [-0.25, -0.2) is 0 Å². The first kappa shape index (κ1) is 27.2. The average molecular weight is 611 g/mol. The van der Waals surface area contributed by atoms with Crippen LogP contribution in [0.5, 0.6) is 0 Å². The van der Waals surface area contributed by atoms with Crippen LogP contribution in [0.1, 0.15) is 31.9 Å². The minimum absolute atomic E-state index is 0.101. The monoisotopic (exact) mass is 610 g/mol. The lowest BCUT2D eigenvalue weighted by Gasteiger charge is -2.45. The molecular weight excluding hydrogens is 571 g/mol. The minimum Gasteiger partial charge on any atom is -0.414 e. The summed E-state index contributed by atoms with van der Waals surface area (Å²) < 4.78 is 32.8. The van der Waals surface area contributed by atoms with Crippen LogP contribution < -0.4 is 0 Å². The Labute approximate surface area is 225 Å². The third-order valence-electron chi connectivity index (χ3n) is 7.52. The van der Waals surface area contributed by atoms with Crippen molar-refractivity contribution in [1.82, 2.24) is 0 Å². The quantitative estimate of drug-likeness (QED) is 0.188. The lowest BCUT2D eigenvalue weighted by molar-refractivity contribution is -0.278. The van der Waals surface area contributed by atoms with Crippen molar-refractivity contribution in [3.8, 4) is 0 Å². The molecule has 2 aromatic carbocycles. The Bertz CT molecular complexity index is 920. The molecule has 7 heteroatoms. The van der Waals surface area contributed by atoms with Gasteiger partial charge in [0.1, 0.15) is 12.2 Å². The Morgan fingerprint density at radius 1 is 0.886 bits per heavy atom. The maximum atomic E-state index is 6.65. The number of fused-ring (bicyclic) bond motifs is 1. The van der Waals surface area contributed by atoms with Gasteiger partial charge in [-0.15, -0.1) is 0 Å². The van der Waals surface area contributed by atoms with Crippen LogP contribution in [0.4, 0.5) is 0 Å². The third-order valence-corrected chi connectivity index (χ3v) is 13.2. The van der Waals surface area contributed by atoms with E-state index in [0.717, 1.165) is 11.1 Å². The number of benzene rings is 2. The van der Waals surface area contributed by atoms with E-state index in [0.29, 0.717) is 30.4 Å². The van der Waals surface area contributed by atoms with E-state index in [-0.39, 0.29) is 35.6 Å². The number of rotatable bonds is 9. The molecule has 0 aliphatic carbocycles. The maximum Gasteiger partial charge on any atom is 0.192 e. The smallest absolute Gasteiger partial charge is 0.192 e. The summed E-state index contributed by atoms with van der Waals surface area (Å²) in [5.74, 6) is 0.101. The zero-order chi connectivity index (χ0) is 25.1. The van der Waals surface area contributed by atoms with E-state index in [1.165, 1.54) is 0 Å². The summed E-state index contributed by atoms with van der Waals surface area (Å²) >= 11 is 2.47. The molecule has 0 spiro atoms. The molecule has 0 bridgehead atoms. The van der Waals surface area contributed by atoms with Crippen LogP contribution in [0.15, 0.2) is 60.7 Å². The van der Waals surface area contributed by atoms with Gasteiger partial charge in [0, 0.05) is 3.92 Å². The van der Waals surface area contributed by atoms with Crippen LogP contribution in [-0.2, 0) is 36.6 Å². The van der Waals surface area contributed by atoms with Crippen LogP contribution >= 0.6 is 22.6 Å². The number of hydrogen-bond donors (Lipinski definition) is 0. The molecule has 35 heavy (non-hydrogen) atoms. The van der Waals surface area contributed by atoms with E-state index in [2.05, 4.69) is 80.7 Å². The molecule has 0 aromatic heterocycles. The van der Waals surface area contributed by atoms with E-state index >= 15 is 0 Å². The molecule has 2 aromatic rings. The molecule has 6 atom stereocenters. The summed E-state index contributed by atoms with van der Waals surface area (Å²) in [5, 5.41) is 0.116. The summed E-state index contributed by atoms with van der Waals surface area (Å²) in [4.78, 5) is 0. The highest BCUT2D eigenvalue weighted by Crippen LogP contribution is 2.42. The number of alkyl halides is 1. The van der Waals surface area contributed by atoms with Gasteiger partial charge in [-0.1, -0.05) is 104 Å². The molecule has 0 radical (unpaired) electrons. The number of halogens is 1. The molecule has 0 unspecified atom stereocenters. The first-order chi connectivity index (χ1) is 16.7. The number of hydrogen-bond acceptors (Lipinski definition) is 5. The minimum atomic E-state index is -1.96.